The highest BCUT2D eigenvalue weighted by molar-refractivity contribution is 4.76. The maximum Gasteiger partial charge on any atom is 0.0989 e. The molecule has 0 bridgehead atoms. The number of hydrogen-bond acceptors (Lipinski definition) is 6. The van der Waals surface area contributed by atoms with Crippen LogP contribution in [0.25, 0.3) is 0 Å². The summed E-state index contributed by atoms with van der Waals surface area (Å²) in [5.41, 5.74) is 0. The van der Waals surface area contributed by atoms with Crippen molar-refractivity contribution in [1.82, 2.24) is 25.3 Å². The summed E-state index contributed by atoms with van der Waals surface area (Å²) in [6, 6.07) is 1.58. The number of nitrogens with one attached hydrogen (secondary N) is 2. The molecule has 0 aromatic heterocycles. The molecule has 1 aliphatic heterocycles. The average Bonchev–Trinajstić information content (AvgIpc) is 2.62. The highest BCUT2D eigenvalue weighted by atomic mass is 16.5. The van der Waals surface area contributed by atoms with E-state index in [4.69, 9.17) is 4.74 Å². The molecule has 6 nitrogen and oxygen atoms in total. The van der Waals surface area contributed by atoms with Gasteiger partial charge in [0.15, 0.2) is 0 Å². The van der Waals surface area contributed by atoms with Crippen LogP contribution in [-0.2, 0) is 4.74 Å². The molecule has 0 amide bonds. The summed E-state index contributed by atoms with van der Waals surface area (Å²) >= 11 is 0. The lowest BCUT2D eigenvalue weighted by molar-refractivity contribution is 0.0360. The van der Waals surface area contributed by atoms with Crippen LogP contribution >= 0.6 is 0 Å². The molecule has 26 heavy (non-hydrogen) atoms. The second kappa shape index (κ2) is 13.9. The van der Waals surface area contributed by atoms with Crippen molar-refractivity contribution in [3.05, 3.63) is 0 Å². The number of likely N-dealkylation sites (N-methyl/N-ethyl adjacent to an activating group) is 2. The van der Waals surface area contributed by atoms with Crippen molar-refractivity contribution in [2.24, 2.45) is 0 Å². The molecule has 2 N–H and O–H groups in total. The van der Waals surface area contributed by atoms with Crippen LogP contribution < -0.4 is 10.6 Å². The molecule has 0 spiro atoms. The minimum Gasteiger partial charge on any atom is -0.369 e. The molecule has 3 unspecified atom stereocenters. The fourth-order valence-corrected chi connectivity index (χ4v) is 3.51. The third-order valence-corrected chi connectivity index (χ3v) is 5.84. The largest absolute Gasteiger partial charge is 0.369 e. The molecule has 1 rings (SSSR count). The molecule has 6 heteroatoms. The van der Waals surface area contributed by atoms with Crippen molar-refractivity contribution < 1.29 is 4.74 Å². The van der Waals surface area contributed by atoms with E-state index in [9.17, 15) is 0 Å². The molecule has 3 atom stereocenters. The van der Waals surface area contributed by atoms with Gasteiger partial charge in [-0.2, -0.15) is 0 Å². The van der Waals surface area contributed by atoms with Gasteiger partial charge in [0.05, 0.1) is 6.73 Å². The zero-order chi connectivity index (χ0) is 19.4. The van der Waals surface area contributed by atoms with Crippen LogP contribution in [0.5, 0.6) is 0 Å². The van der Waals surface area contributed by atoms with Crippen molar-refractivity contribution in [3.63, 3.8) is 0 Å². The first kappa shape index (κ1) is 23.8. The standard InChI is InChI=1S/C20H45N5O/c1-18-16-21-11-15-23(4)12-9-10-22-19(2)20(3)24(5)13-7-8-14-25(18)17-26-6/h18-22H,7-17H2,1-6H3. The highest BCUT2D eigenvalue weighted by Gasteiger charge is 2.17. The highest BCUT2D eigenvalue weighted by Crippen LogP contribution is 2.07. The van der Waals surface area contributed by atoms with Gasteiger partial charge in [-0.15, -0.1) is 0 Å². The Kier molecular flexibility index (Phi) is 12.7. The second-order valence-corrected chi connectivity index (χ2v) is 8.11. The molecular formula is C20H45N5O. The summed E-state index contributed by atoms with van der Waals surface area (Å²) in [4.78, 5) is 7.38. The molecule has 0 saturated carbocycles. The van der Waals surface area contributed by atoms with Gasteiger partial charge in [0, 0.05) is 51.4 Å². The minimum absolute atomic E-state index is 0.500. The molecule has 0 aromatic carbocycles. The third-order valence-electron chi connectivity index (χ3n) is 5.84. The lowest BCUT2D eigenvalue weighted by Gasteiger charge is -2.32. The average molecular weight is 372 g/mol. The smallest absolute Gasteiger partial charge is 0.0989 e. The summed E-state index contributed by atoms with van der Waals surface area (Å²) < 4.78 is 5.43. The van der Waals surface area contributed by atoms with Crippen molar-refractivity contribution in [2.75, 3.05) is 73.7 Å². The zero-order valence-corrected chi connectivity index (χ0v) is 18.3. The Hall–Kier alpha value is -0.240. The predicted octanol–water partition coefficient (Wildman–Crippen LogP) is 1.28. The molecule has 1 aliphatic rings. The van der Waals surface area contributed by atoms with Gasteiger partial charge in [-0.25, -0.2) is 0 Å². The Bertz CT molecular complexity index is 344. The Morgan fingerprint density at radius 3 is 2.38 bits per heavy atom. The van der Waals surface area contributed by atoms with Crippen LogP contribution in [0.15, 0.2) is 0 Å². The molecular weight excluding hydrogens is 326 g/mol. The van der Waals surface area contributed by atoms with E-state index >= 15 is 0 Å². The monoisotopic (exact) mass is 371 g/mol. The van der Waals surface area contributed by atoms with Crippen LogP contribution in [0.4, 0.5) is 0 Å². The number of rotatable bonds is 2. The summed E-state index contributed by atoms with van der Waals surface area (Å²) in [6.45, 7) is 15.4. The normalized spacial score (nSPS) is 31.4. The molecule has 0 aromatic rings. The van der Waals surface area contributed by atoms with E-state index in [1.165, 1.54) is 19.3 Å². The van der Waals surface area contributed by atoms with E-state index in [0.717, 1.165) is 52.5 Å². The van der Waals surface area contributed by atoms with E-state index in [1.54, 1.807) is 7.11 Å². The Morgan fingerprint density at radius 2 is 1.65 bits per heavy atom. The molecule has 1 heterocycles. The van der Waals surface area contributed by atoms with Crippen molar-refractivity contribution in [1.29, 1.82) is 0 Å². The minimum atomic E-state index is 0.500. The maximum atomic E-state index is 5.43. The fraction of sp³-hybridized carbons (Fsp3) is 1.00. The van der Waals surface area contributed by atoms with Gasteiger partial charge in [-0.3, -0.25) is 4.90 Å². The number of ether oxygens (including phenoxy) is 1. The van der Waals surface area contributed by atoms with Gasteiger partial charge in [-0.1, -0.05) is 0 Å². The summed E-state index contributed by atoms with van der Waals surface area (Å²) in [5.74, 6) is 0. The van der Waals surface area contributed by atoms with Crippen molar-refractivity contribution in [2.45, 2.75) is 58.2 Å². The lowest BCUT2D eigenvalue weighted by Crippen LogP contribution is -2.46. The first-order chi connectivity index (χ1) is 12.5. The Balaban J connectivity index is 2.57. The van der Waals surface area contributed by atoms with Gasteiger partial charge in [0.1, 0.15) is 0 Å². The van der Waals surface area contributed by atoms with Crippen molar-refractivity contribution >= 4 is 0 Å². The lowest BCUT2D eigenvalue weighted by atomic mass is 10.1. The summed E-state index contributed by atoms with van der Waals surface area (Å²) in [6.07, 6.45) is 3.66. The van der Waals surface area contributed by atoms with Crippen LogP contribution in [0, 0.1) is 0 Å². The Morgan fingerprint density at radius 1 is 0.923 bits per heavy atom. The van der Waals surface area contributed by atoms with Gasteiger partial charge in [0.25, 0.3) is 0 Å². The van der Waals surface area contributed by atoms with Crippen LogP contribution in [0.3, 0.4) is 0 Å². The maximum absolute atomic E-state index is 5.43. The quantitative estimate of drug-likeness (QED) is 0.762. The first-order valence-corrected chi connectivity index (χ1v) is 10.5. The van der Waals surface area contributed by atoms with Crippen molar-refractivity contribution in [3.8, 4) is 0 Å². The van der Waals surface area contributed by atoms with E-state index < -0.39 is 0 Å². The van der Waals surface area contributed by atoms with E-state index in [1.807, 2.05) is 0 Å². The van der Waals surface area contributed by atoms with E-state index in [-0.39, 0.29) is 0 Å². The molecule has 1 fully saturated rings. The van der Waals surface area contributed by atoms with E-state index in [0.29, 0.717) is 18.1 Å². The molecule has 0 aliphatic carbocycles. The number of hydrogen-bond donors (Lipinski definition) is 2. The second-order valence-electron chi connectivity index (χ2n) is 8.11. The van der Waals surface area contributed by atoms with E-state index in [2.05, 4.69) is 60.2 Å². The number of nitrogens with zero attached hydrogens (tertiary/aromatic N) is 3. The SMILES string of the molecule is COCN1CCCCN(C)C(C)C(C)NCCCN(C)CCNCC1C. The molecule has 1 saturated heterocycles. The van der Waals surface area contributed by atoms with Crippen LogP contribution in [0.2, 0.25) is 0 Å². The Labute approximate surface area is 162 Å². The molecule has 156 valence electrons. The summed E-state index contributed by atoms with van der Waals surface area (Å²) in [5, 5.41) is 7.32. The number of methoxy groups -OCH3 is 1. The summed E-state index contributed by atoms with van der Waals surface area (Å²) in [7, 11) is 6.28. The first-order valence-electron chi connectivity index (χ1n) is 10.5. The van der Waals surface area contributed by atoms with Gasteiger partial charge < -0.3 is 25.2 Å². The fourth-order valence-electron chi connectivity index (χ4n) is 3.51. The van der Waals surface area contributed by atoms with Crippen LogP contribution in [-0.4, -0.2) is 107 Å². The topological polar surface area (TPSA) is 43.0 Å². The van der Waals surface area contributed by atoms with Gasteiger partial charge in [-0.05, 0) is 73.8 Å². The van der Waals surface area contributed by atoms with Gasteiger partial charge >= 0.3 is 0 Å². The predicted molar refractivity (Wildman–Crippen MR) is 112 cm³/mol. The van der Waals surface area contributed by atoms with Gasteiger partial charge in [0.2, 0.25) is 0 Å². The zero-order valence-electron chi connectivity index (χ0n) is 18.3. The third kappa shape index (κ3) is 9.62. The molecule has 0 radical (unpaired) electrons. The van der Waals surface area contributed by atoms with Crippen LogP contribution in [0.1, 0.15) is 40.0 Å².